The number of sulfonamides is 1. The molecule has 3 aromatic rings. The summed E-state index contributed by atoms with van der Waals surface area (Å²) in [5.74, 6) is 0.385. The van der Waals surface area contributed by atoms with E-state index in [1.54, 1.807) is 22.9 Å². The molecular weight excluding hydrogens is 536 g/mol. The van der Waals surface area contributed by atoms with Crippen molar-refractivity contribution in [2.24, 2.45) is 5.92 Å². The average Bonchev–Trinajstić information content (AvgIpc) is 3.82. The summed E-state index contributed by atoms with van der Waals surface area (Å²) in [4.78, 5) is 20.0. The Morgan fingerprint density at radius 3 is 2.27 bits per heavy atom. The molecule has 0 bridgehead atoms. The molecule has 40 heavy (non-hydrogen) atoms. The van der Waals surface area contributed by atoms with Crippen LogP contribution in [0.5, 0.6) is 0 Å². The van der Waals surface area contributed by atoms with Crippen LogP contribution in [0.15, 0.2) is 59.5 Å². The second-order valence-corrected chi connectivity index (χ2v) is 13.1. The molecule has 1 saturated heterocycles. The number of anilines is 1. The van der Waals surface area contributed by atoms with Gasteiger partial charge in [0.25, 0.3) is 5.56 Å². The van der Waals surface area contributed by atoms with Gasteiger partial charge in [-0.1, -0.05) is 24.3 Å². The molecule has 1 N–H and O–H groups in total. The first-order valence-corrected chi connectivity index (χ1v) is 15.5. The Morgan fingerprint density at radius 1 is 1.00 bits per heavy atom. The predicted molar refractivity (Wildman–Crippen MR) is 149 cm³/mol. The minimum absolute atomic E-state index is 0.162. The highest BCUT2D eigenvalue weighted by Gasteiger charge is 2.79. The number of rotatable bonds is 10. The van der Waals surface area contributed by atoms with Gasteiger partial charge < -0.3 is 14.8 Å². The lowest BCUT2D eigenvalue weighted by atomic mass is 10.0. The third-order valence-corrected chi connectivity index (χ3v) is 9.85. The Morgan fingerprint density at radius 2 is 1.65 bits per heavy atom. The van der Waals surface area contributed by atoms with Crippen molar-refractivity contribution in [1.29, 1.82) is 0 Å². The average molecular weight is 570 g/mol. The number of benzene rings is 2. The molecule has 0 amide bonds. The highest BCUT2D eigenvalue weighted by atomic mass is 32.2. The van der Waals surface area contributed by atoms with Crippen LogP contribution in [0.4, 0.5) is 14.6 Å². The number of piperazine rings is 1. The summed E-state index contributed by atoms with van der Waals surface area (Å²) in [5, 5.41) is 3.65. The largest absolute Gasteiger partial charge is 0.349 e. The number of nitrogens with one attached hydrogen (secondary N) is 1. The van der Waals surface area contributed by atoms with Gasteiger partial charge in [0.05, 0.1) is 18.5 Å². The van der Waals surface area contributed by atoms with Gasteiger partial charge in [-0.3, -0.25) is 4.79 Å². The molecule has 2 heterocycles. The summed E-state index contributed by atoms with van der Waals surface area (Å²) in [6, 6.07) is 13.3. The van der Waals surface area contributed by atoms with E-state index in [4.69, 9.17) is 4.98 Å². The summed E-state index contributed by atoms with van der Waals surface area (Å²) in [6.45, 7) is 2.43. The van der Waals surface area contributed by atoms with Gasteiger partial charge in [0, 0.05) is 43.8 Å². The summed E-state index contributed by atoms with van der Waals surface area (Å²) < 4.78 is 53.7. The maximum atomic E-state index is 13.4. The van der Waals surface area contributed by atoms with E-state index < -0.39 is 10.0 Å². The van der Waals surface area contributed by atoms with Crippen LogP contribution < -0.4 is 15.8 Å². The quantitative estimate of drug-likeness (QED) is 0.378. The van der Waals surface area contributed by atoms with Crippen molar-refractivity contribution in [3.8, 4) is 0 Å². The minimum atomic E-state index is -3.30. The van der Waals surface area contributed by atoms with Gasteiger partial charge in [0.2, 0.25) is 10.0 Å². The van der Waals surface area contributed by atoms with Crippen molar-refractivity contribution in [2.75, 3.05) is 43.9 Å². The molecule has 1 aliphatic heterocycles. The van der Waals surface area contributed by atoms with E-state index in [9.17, 15) is 22.0 Å². The molecular formula is C29H33F2N5O3S. The van der Waals surface area contributed by atoms with Gasteiger partial charge in [-0.05, 0) is 67.1 Å². The molecule has 3 aliphatic rings. The molecule has 2 aromatic carbocycles. The van der Waals surface area contributed by atoms with Crippen LogP contribution in [-0.4, -0.2) is 67.3 Å². The monoisotopic (exact) mass is 569 g/mol. The number of aromatic nitrogens is 2. The Balaban J connectivity index is 1.14. The van der Waals surface area contributed by atoms with Crippen LogP contribution >= 0.6 is 0 Å². The first-order chi connectivity index (χ1) is 19.1. The van der Waals surface area contributed by atoms with Crippen molar-refractivity contribution in [2.45, 2.75) is 37.3 Å². The van der Waals surface area contributed by atoms with Crippen molar-refractivity contribution < 1.29 is 17.2 Å². The van der Waals surface area contributed by atoms with Crippen LogP contribution in [0.25, 0.3) is 0 Å². The fourth-order valence-electron chi connectivity index (χ4n) is 6.07. The fourth-order valence-corrected chi connectivity index (χ4v) is 6.90. The lowest BCUT2D eigenvalue weighted by molar-refractivity contribution is 0.386. The smallest absolute Gasteiger partial charge is 0.293 e. The molecule has 1 aromatic heterocycles. The second kappa shape index (κ2) is 10.4. The van der Waals surface area contributed by atoms with Gasteiger partial charge in [0.1, 0.15) is 11.6 Å². The lowest BCUT2D eigenvalue weighted by Crippen LogP contribution is -2.50. The van der Waals surface area contributed by atoms with Crippen LogP contribution in [-0.2, 0) is 28.4 Å². The SMILES string of the molecule is CS(=O)(=O)N1CCN(c2nc(CCCN[C@@H]3C4C[C@@]43c3ccc(F)cc3)cn(Cc3ccc(F)cc3)c2=O)CC1. The van der Waals surface area contributed by atoms with Crippen LogP contribution in [0.2, 0.25) is 0 Å². The van der Waals surface area contributed by atoms with E-state index in [2.05, 4.69) is 5.32 Å². The molecule has 2 aliphatic carbocycles. The number of fused-ring (bicyclic) bond motifs is 1. The lowest BCUT2D eigenvalue weighted by Gasteiger charge is -2.33. The maximum absolute atomic E-state index is 13.4. The normalized spacial score (nSPS) is 24.1. The van der Waals surface area contributed by atoms with Crippen molar-refractivity contribution >= 4 is 15.8 Å². The highest BCUT2D eigenvalue weighted by molar-refractivity contribution is 7.88. The molecule has 0 spiro atoms. The van der Waals surface area contributed by atoms with Gasteiger partial charge in [0.15, 0.2) is 5.82 Å². The van der Waals surface area contributed by atoms with E-state index in [1.807, 2.05) is 17.0 Å². The number of hydrogen-bond donors (Lipinski definition) is 1. The Hall–Kier alpha value is -3.15. The zero-order valence-corrected chi connectivity index (χ0v) is 23.2. The molecule has 0 radical (unpaired) electrons. The molecule has 1 unspecified atom stereocenters. The summed E-state index contributed by atoms with van der Waals surface area (Å²) in [6.07, 6.45) is 5.59. The van der Waals surface area contributed by atoms with Crippen molar-refractivity contribution in [3.05, 3.63) is 93.5 Å². The summed E-state index contributed by atoms with van der Waals surface area (Å²) in [7, 11) is -3.30. The van der Waals surface area contributed by atoms with Gasteiger partial charge >= 0.3 is 0 Å². The summed E-state index contributed by atoms with van der Waals surface area (Å²) >= 11 is 0. The zero-order valence-electron chi connectivity index (χ0n) is 22.4. The topological polar surface area (TPSA) is 87.5 Å². The first kappa shape index (κ1) is 27.0. The van der Waals surface area contributed by atoms with Gasteiger partial charge in [-0.15, -0.1) is 0 Å². The Kier molecular flexibility index (Phi) is 7.00. The molecule has 8 nitrogen and oxygen atoms in total. The molecule has 212 valence electrons. The number of hydrogen-bond acceptors (Lipinski definition) is 6. The third-order valence-electron chi connectivity index (χ3n) is 8.54. The van der Waals surface area contributed by atoms with Crippen LogP contribution in [0.3, 0.4) is 0 Å². The van der Waals surface area contributed by atoms with Crippen LogP contribution in [0, 0.1) is 17.6 Å². The molecule has 2 saturated carbocycles. The van der Waals surface area contributed by atoms with Gasteiger partial charge in [-0.25, -0.2) is 22.2 Å². The van der Waals surface area contributed by atoms with E-state index in [-0.39, 0.29) is 29.2 Å². The number of aryl methyl sites for hydroxylation is 1. The number of nitrogens with zero attached hydrogens (tertiary/aromatic N) is 4. The van der Waals surface area contributed by atoms with Crippen molar-refractivity contribution in [3.63, 3.8) is 0 Å². The Labute approximate surface area is 232 Å². The maximum Gasteiger partial charge on any atom is 0.293 e. The standard InChI is InChI=1S/C29H33F2N5O3S/c1-40(38,39)36-15-13-34(14-16-36)27-28(37)35(18-20-4-8-22(30)9-5-20)19-24(33-27)3-2-12-32-26-25-17-29(25,26)21-6-10-23(31)11-7-21/h4-11,19,25-26,32H,2-3,12-18H2,1H3/t25?,26-,29-/m1/s1. The molecule has 3 atom stereocenters. The van der Waals surface area contributed by atoms with E-state index in [1.165, 1.54) is 40.4 Å². The molecule has 3 fully saturated rings. The first-order valence-electron chi connectivity index (χ1n) is 13.7. The minimum Gasteiger partial charge on any atom is -0.349 e. The predicted octanol–water partition coefficient (Wildman–Crippen LogP) is 2.51. The second-order valence-electron chi connectivity index (χ2n) is 11.2. The van der Waals surface area contributed by atoms with Crippen molar-refractivity contribution in [1.82, 2.24) is 19.2 Å². The number of halogens is 2. The van der Waals surface area contributed by atoms with Crippen LogP contribution in [0.1, 0.15) is 29.7 Å². The zero-order chi connectivity index (χ0) is 28.1. The highest BCUT2D eigenvalue weighted by Crippen LogP contribution is 2.75. The molecule has 11 heteroatoms. The third kappa shape index (κ3) is 5.29. The Bertz CT molecular complexity index is 1550. The van der Waals surface area contributed by atoms with E-state index in [0.29, 0.717) is 50.4 Å². The van der Waals surface area contributed by atoms with Gasteiger partial charge in [-0.2, -0.15) is 4.31 Å². The fraction of sp³-hybridized carbons (Fsp3) is 0.448. The van der Waals surface area contributed by atoms with E-state index in [0.717, 1.165) is 30.6 Å². The summed E-state index contributed by atoms with van der Waals surface area (Å²) in [5.41, 5.74) is 2.69. The molecule has 6 rings (SSSR count). The van der Waals surface area contributed by atoms with E-state index >= 15 is 0 Å².